The summed E-state index contributed by atoms with van der Waals surface area (Å²) in [5, 5.41) is 10.4. The van der Waals surface area contributed by atoms with Gasteiger partial charge in [-0.05, 0) is 42.9 Å². The van der Waals surface area contributed by atoms with Crippen molar-refractivity contribution in [3.63, 3.8) is 0 Å². The monoisotopic (exact) mass is 514 g/mol. The minimum atomic E-state index is -0.210. The van der Waals surface area contributed by atoms with Crippen molar-refractivity contribution >= 4 is 11.8 Å². The lowest BCUT2D eigenvalue weighted by atomic mass is 9.97. The maximum absolute atomic E-state index is 13.8. The Bertz CT molecular complexity index is 964. The number of methoxy groups -OCH3 is 2. The molecule has 2 rings (SSSR count). The van der Waals surface area contributed by atoms with Gasteiger partial charge in [0.25, 0.3) is 5.91 Å². The normalized spacial score (nSPS) is 12.0. The molecule has 0 saturated carbocycles. The zero-order chi connectivity index (χ0) is 27.4. The number of carbonyl (C=O) groups is 2. The van der Waals surface area contributed by atoms with Crippen LogP contribution in [0.2, 0.25) is 0 Å². The van der Waals surface area contributed by atoms with Crippen molar-refractivity contribution in [3.05, 3.63) is 30.0 Å². The van der Waals surface area contributed by atoms with Gasteiger partial charge in [-0.1, -0.05) is 59.9 Å². The van der Waals surface area contributed by atoms with E-state index in [4.69, 9.17) is 9.47 Å². The fourth-order valence-corrected chi connectivity index (χ4v) is 4.54. The highest BCUT2D eigenvalue weighted by atomic mass is 16.5. The van der Waals surface area contributed by atoms with E-state index < -0.39 is 0 Å². The topological polar surface area (TPSA) is 96.6 Å². The summed E-state index contributed by atoms with van der Waals surface area (Å²) < 4.78 is 11.0. The average Bonchev–Trinajstić information content (AvgIpc) is 3.35. The van der Waals surface area contributed by atoms with E-state index in [0.717, 1.165) is 25.7 Å². The van der Waals surface area contributed by atoms with Crippen LogP contribution in [-0.4, -0.2) is 60.3 Å². The number of nitrogens with zero attached hydrogens (tertiary/aromatic N) is 2. The molecule has 0 aliphatic carbocycles. The van der Waals surface area contributed by atoms with Gasteiger partial charge in [-0.15, -0.1) is 0 Å². The molecule has 2 N–H and O–H groups in total. The molecule has 2 amide bonds. The molecular weight excluding hydrogens is 468 g/mol. The van der Waals surface area contributed by atoms with Gasteiger partial charge in [0.05, 0.1) is 19.8 Å². The van der Waals surface area contributed by atoms with Crippen LogP contribution in [-0.2, 0) is 4.79 Å². The lowest BCUT2D eigenvalue weighted by Crippen LogP contribution is -2.46. The second-order valence-electron chi connectivity index (χ2n) is 10.5. The van der Waals surface area contributed by atoms with E-state index in [1.165, 1.54) is 6.42 Å². The smallest absolute Gasteiger partial charge is 0.272 e. The van der Waals surface area contributed by atoms with Crippen LogP contribution in [0.5, 0.6) is 11.5 Å². The van der Waals surface area contributed by atoms with Gasteiger partial charge >= 0.3 is 0 Å². The Labute approximate surface area is 222 Å². The molecule has 0 saturated heterocycles. The summed E-state index contributed by atoms with van der Waals surface area (Å²) in [6.45, 7) is 11.8. The Hall–Kier alpha value is -3.03. The number of ether oxygens (including phenoxy) is 2. The number of amides is 2. The van der Waals surface area contributed by atoms with Crippen LogP contribution in [0.25, 0.3) is 11.3 Å². The van der Waals surface area contributed by atoms with Crippen LogP contribution < -0.4 is 14.8 Å². The molecule has 1 aromatic heterocycles. The molecule has 2 aromatic rings. The number of aromatic amines is 1. The molecule has 0 spiro atoms. The highest BCUT2D eigenvalue weighted by Crippen LogP contribution is 2.37. The molecule has 0 radical (unpaired) electrons. The van der Waals surface area contributed by atoms with Gasteiger partial charge in [-0.3, -0.25) is 14.7 Å². The Morgan fingerprint density at radius 2 is 1.70 bits per heavy atom. The molecule has 1 atom stereocenters. The van der Waals surface area contributed by atoms with E-state index in [0.29, 0.717) is 47.5 Å². The molecule has 8 nitrogen and oxygen atoms in total. The van der Waals surface area contributed by atoms with Crippen LogP contribution in [0.3, 0.4) is 0 Å². The van der Waals surface area contributed by atoms with Crippen molar-refractivity contribution in [3.8, 4) is 22.8 Å². The third-order valence-electron chi connectivity index (χ3n) is 6.27. The first kappa shape index (κ1) is 30.2. The summed E-state index contributed by atoms with van der Waals surface area (Å²) in [6, 6.07) is 7.03. The van der Waals surface area contributed by atoms with E-state index >= 15 is 0 Å². The number of nitrogens with one attached hydrogen (secondary N) is 2. The first-order chi connectivity index (χ1) is 17.7. The van der Waals surface area contributed by atoms with Crippen molar-refractivity contribution < 1.29 is 19.1 Å². The van der Waals surface area contributed by atoms with Gasteiger partial charge in [0, 0.05) is 25.6 Å². The highest BCUT2D eigenvalue weighted by Gasteiger charge is 2.30. The molecule has 0 unspecified atom stereocenters. The maximum Gasteiger partial charge on any atom is 0.272 e. The minimum Gasteiger partial charge on any atom is -0.496 e. The average molecular weight is 515 g/mol. The molecule has 8 heteroatoms. The van der Waals surface area contributed by atoms with Gasteiger partial charge in [0.2, 0.25) is 5.91 Å². The Balaban J connectivity index is 2.29. The number of benzene rings is 1. The standard InChI is InChI=1S/C29H46N4O4/c1-8-9-10-11-15-30-27(34)17-22(16-20(2)3)33(19-21(4)5)29(35)24-18-23(31-32-24)28-25(36-6)13-12-14-26(28)37-7/h12-14,18,20-22H,8-11,15-17,19H2,1-7H3,(H,30,34)(H,31,32)/t22-/m0/s1. The van der Waals surface area contributed by atoms with E-state index in [1.807, 2.05) is 23.1 Å². The molecule has 1 aromatic carbocycles. The zero-order valence-electron chi connectivity index (χ0n) is 23.7. The van der Waals surface area contributed by atoms with E-state index in [-0.39, 0.29) is 30.2 Å². The van der Waals surface area contributed by atoms with E-state index in [9.17, 15) is 9.59 Å². The molecular formula is C29H46N4O4. The maximum atomic E-state index is 13.8. The summed E-state index contributed by atoms with van der Waals surface area (Å²) in [4.78, 5) is 28.5. The van der Waals surface area contributed by atoms with Crippen molar-refractivity contribution in [2.45, 2.75) is 79.2 Å². The second-order valence-corrected chi connectivity index (χ2v) is 10.5. The molecule has 0 aliphatic heterocycles. The number of hydrogen-bond donors (Lipinski definition) is 2. The highest BCUT2D eigenvalue weighted by molar-refractivity contribution is 5.94. The van der Waals surface area contributed by atoms with Crippen LogP contribution in [0.4, 0.5) is 0 Å². The number of H-pyrrole nitrogens is 1. The largest absolute Gasteiger partial charge is 0.496 e. The number of unbranched alkanes of at least 4 members (excludes halogenated alkanes) is 3. The molecule has 37 heavy (non-hydrogen) atoms. The second kappa shape index (κ2) is 15.3. The predicted molar refractivity (Wildman–Crippen MR) is 148 cm³/mol. The summed E-state index contributed by atoms with van der Waals surface area (Å²) >= 11 is 0. The first-order valence-electron chi connectivity index (χ1n) is 13.6. The molecule has 1 heterocycles. The zero-order valence-corrected chi connectivity index (χ0v) is 23.7. The van der Waals surface area contributed by atoms with Crippen LogP contribution in [0.15, 0.2) is 24.3 Å². The lowest BCUT2D eigenvalue weighted by molar-refractivity contribution is -0.122. The van der Waals surface area contributed by atoms with Crippen molar-refractivity contribution in [2.75, 3.05) is 27.3 Å². The number of hydrogen-bond acceptors (Lipinski definition) is 5. The fourth-order valence-electron chi connectivity index (χ4n) is 4.54. The quantitative estimate of drug-likeness (QED) is 0.280. The van der Waals surface area contributed by atoms with Crippen LogP contribution in [0, 0.1) is 11.8 Å². The van der Waals surface area contributed by atoms with E-state index in [1.54, 1.807) is 20.3 Å². The van der Waals surface area contributed by atoms with Gasteiger partial charge in [-0.2, -0.15) is 5.10 Å². The molecule has 206 valence electrons. The lowest BCUT2D eigenvalue weighted by Gasteiger charge is -2.33. The van der Waals surface area contributed by atoms with Crippen molar-refractivity contribution in [2.24, 2.45) is 11.8 Å². The molecule has 0 fully saturated rings. The molecule has 0 bridgehead atoms. The number of aromatic nitrogens is 2. The first-order valence-corrected chi connectivity index (χ1v) is 13.6. The Kier molecular flexibility index (Phi) is 12.5. The minimum absolute atomic E-state index is 0.00670. The van der Waals surface area contributed by atoms with Crippen LogP contribution in [0.1, 0.15) is 83.6 Å². The summed E-state index contributed by atoms with van der Waals surface area (Å²) in [5.41, 5.74) is 1.61. The van der Waals surface area contributed by atoms with Gasteiger partial charge < -0.3 is 19.7 Å². The third-order valence-corrected chi connectivity index (χ3v) is 6.27. The number of rotatable bonds is 16. The third kappa shape index (κ3) is 9.09. The van der Waals surface area contributed by atoms with E-state index in [2.05, 4.69) is 50.1 Å². The van der Waals surface area contributed by atoms with Crippen molar-refractivity contribution in [1.29, 1.82) is 0 Å². The fraction of sp³-hybridized carbons (Fsp3) is 0.621. The summed E-state index contributed by atoms with van der Waals surface area (Å²) in [7, 11) is 3.18. The van der Waals surface area contributed by atoms with Crippen LogP contribution >= 0.6 is 0 Å². The Morgan fingerprint density at radius 3 is 2.27 bits per heavy atom. The van der Waals surface area contributed by atoms with Gasteiger partial charge in [-0.25, -0.2) is 0 Å². The predicted octanol–water partition coefficient (Wildman–Crippen LogP) is 5.69. The van der Waals surface area contributed by atoms with Gasteiger partial charge in [0.1, 0.15) is 22.9 Å². The SMILES string of the molecule is CCCCCCNC(=O)C[C@H](CC(C)C)N(CC(C)C)C(=O)c1cc(-c2c(OC)cccc2OC)n[nH]1. The molecule has 0 aliphatic rings. The summed E-state index contributed by atoms with van der Waals surface area (Å²) in [5.74, 6) is 1.62. The summed E-state index contributed by atoms with van der Waals surface area (Å²) in [6.07, 6.45) is 5.45. The van der Waals surface area contributed by atoms with Gasteiger partial charge in [0.15, 0.2) is 0 Å². The number of carbonyl (C=O) groups excluding carboxylic acids is 2. The Morgan fingerprint density at radius 1 is 1.03 bits per heavy atom. The van der Waals surface area contributed by atoms with Crippen molar-refractivity contribution in [1.82, 2.24) is 20.4 Å².